The lowest BCUT2D eigenvalue weighted by Gasteiger charge is -2.39. The molecule has 1 aromatic rings. The van der Waals surface area contributed by atoms with Gasteiger partial charge in [-0.15, -0.1) is 0 Å². The topological polar surface area (TPSA) is 110 Å². The Labute approximate surface area is 144 Å². The van der Waals surface area contributed by atoms with Gasteiger partial charge in [-0.3, -0.25) is 10.1 Å². The number of hydrogen-bond acceptors (Lipinski definition) is 8. The van der Waals surface area contributed by atoms with Crippen molar-refractivity contribution in [3.05, 3.63) is 21.6 Å². The molecule has 0 radical (unpaired) electrons. The summed E-state index contributed by atoms with van der Waals surface area (Å²) >= 11 is 5.87. The highest BCUT2D eigenvalue weighted by atomic mass is 35.5. The van der Waals surface area contributed by atoms with Crippen LogP contribution in [0.5, 0.6) is 0 Å². The molecule has 2 rings (SSSR count). The molecule has 0 amide bonds. The van der Waals surface area contributed by atoms with Crippen molar-refractivity contribution in [2.45, 2.75) is 38.3 Å². The van der Waals surface area contributed by atoms with Crippen LogP contribution in [0.15, 0.2) is 6.20 Å². The van der Waals surface area contributed by atoms with Crippen LogP contribution in [0.4, 0.5) is 11.5 Å². The van der Waals surface area contributed by atoms with Crippen molar-refractivity contribution >= 4 is 29.1 Å². The Morgan fingerprint density at radius 1 is 1.58 bits per heavy atom. The number of carbonyl (C=O) groups is 1. The third kappa shape index (κ3) is 3.90. The van der Waals surface area contributed by atoms with Gasteiger partial charge in [-0.25, -0.2) is 9.78 Å². The SMILES string of the molecule is CC[C@H](C(=O)OC)N(c1nc(Cl)ncc1[N+](=O)[O-])C1CCNCC1. The molecule has 0 aromatic carbocycles. The van der Waals surface area contributed by atoms with Crippen LogP contribution in [-0.2, 0) is 9.53 Å². The summed E-state index contributed by atoms with van der Waals surface area (Å²) in [4.78, 5) is 32.5. The monoisotopic (exact) mass is 357 g/mol. The van der Waals surface area contributed by atoms with Gasteiger partial charge in [0.05, 0.1) is 12.0 Å². The number of nitro groups is 1. The van der Waals surface area contributed by atoms with Crippen molar-refractivity contribution in [2.75, 3.05) is 25.1 Å². The number of aromatic nitrogens is 2. The van der Waals surface area contributed by atoms with Crippen molar-refractivity contribution in [3.8, 4) is 0 Å². The second-order valence-corrected chi connectivity index (χ2v) is 5.78. The van der Waals surface area contributed by atoms with Crippen LogP contribution >= 0.6 is 11.6 Å². The second kappa shape index (κ2) is 8.20. The van der Waals surface area contributed by atoms with Crippen molar-refractivity contribution in [1.82, 2.24) is 15.3 Å². The minimum atomic E-state index is -0.678. The summed E-state index contributed by atoms with van der Waals surface area (Å²) in [6, 6.07) is -0.761. The molecule has 0 aliphatic carbocycles. The molecule has 0 saturated carbocycles. The Morgan fingerprint density at radius 3 is 2.79 bits per heavy atom. The minimum absolute atomic E-state index is 0.0594. The summed E-state index contributed by atoms with van der Waals surface area (Å²) in [5.74, 6) is -0.399. The fourth-order valence-corrected chi connectivity index (χ4v) is 3.07. The first kappa shape index (κ1) is 18.3. The van der Waals surface area contributed by atoms with Gasteiger partial charge in [0.15, 0.2) is 0 Å². The van der Waals surface area contributed by atoms with E-state index in [-0.39, 0.29) is 22.8 Å². The van der Waals surface area contributed by atoms with E-state index >= 15 is 0 Å². The Morgan fingerprint density at radius 2 is 2.25 bits per heavy atom. The van der Waals surface area contributed by atoms with Gasteiger partial charge in [0.25, 0.3) is 0 Å². The first-order chi connectivity index (χ1) is 11.5. The fraction of sp³-hybridized carbons (Fsp3) is 0.643. The summed E-state index contributed by atoms with van der Waals surface area (Å²) in [5, 5.41) is 14.5. The molecule has 10 heteroatoms. The molecule has 1 aromatic heterocycles. The van der Waals surface area contributed by atoms with Crippen molar-refractivity contribution in [1.29, 1.82) is 0 Å². The summed E-state index contributed by atoms with van der Waals surface area (Å²) in [6.07, 6.45) is 2.96. The number of esters is 1. The van der Waals surface area contributed by atoms with E-state index in [1.165, 1.54) is 7.11 Å². The molecule has 1 aliphatic rings. The van der Waals surface area contributed by atoms with Crippen molar-refractivity contribution in [2.24, 2.45) is 0 Å². The van der Waals surface area contributed by atoms with Crippen LogP contribution in [0.25, 0.3) is 0 Å². The van der Waals surface area contributed by atoms with Gasteiger partial charge in [0.1, 0.15) is 12.2 Å². The summed E-state index contributed by atoms with van der Waals surface area (Å²) in [6.45, 7) is 3.33. The highest BCUT2D eigenvalue weighted by Crippen LogP contribution is 2.32. The van der Waals surface area contributed by atoms with Crippen molar-refractivity contribution in [3.63, 3.8) is 0 Å². The number of anilines is 1. The zero-order chi connectivity index (χ0) is 17.7. The number of halogens is 1. The predicted molar refractivity (Wildman–Crippen MR) is 88.2 cm³/mol. The quantitative estimate of drug-likeness (QED) is 0.353. The van der Waals surface area contributed by atoms with Gasteiger partial charge in [-0.2, -0.15) is 4.98 Å². The first-order valence-electron chi connectivity index (χ1n) is 7.73. The normalized spacial score (nSPS) is 16.5. The predicted octanol–water partition coefficient (Wildman–Crippen LogP) is 1.55. The number of rotatable bonds is 6. The number of hydrogen-bond donors (Lipinski definition) is 1. The molecule has 2 heterocycles. The average molecular weight is 358 g/mol. The molecular weight excluding hydrogens is 338 g/mol. The number of piperidine rings is 1. The highest BCUT2D eigenvalue weighted by Gasteiger charge is 2.37. The molecule has 1 atom stereocenters. The van der Waals surface area contributed by atoms with E-state index < -0.39 is 16.9 Å². The third-order valence-corrected chi connectivity index (χ3v) is 4.24. The number of carbonyl (C=O) groups excluding carboxylic acids is 1. The Hall–Kier alpha value is -2.00. The number of methoxy groups -OCH3 is 1. The second-order valence-electron chi connectivity index (χ2n) is 5.44. The van der Waals surface area contributed by atoms with Gasteiger partial charge in [-0.05, 0) is 44.0 Å². The van der Waals surface area contributed by atoms with E-state index in [1.54, 1.807) is 4.90 Å². The molecule has 24 heavy (non-hydrogen) atoms. The smallest absolute Gasteiger partial charge is 0.329 e. The largest absolute Gasteiger partial charge is 0.467 e. The summed E-state index contributed by atoms with van der Waals surface area (Å²) in [7, 11) is 1.30. The van der Waals surface area contributed by atoms with E-state index in [4.69, 9.17) is 16.3 Å². The van der Waals surface area contributed by atoms with Crippen LogP contribution in [0, 0.1) is 10.1 Å². The van der Waals surface area contributed by atoms with Gasteiger partial charge >= 0.3 is 11.7 Å². The minimum Gasteiger partial charge on any atom is -0.467 e. The lowest BCUT2D eigenvalue weighted by atomic mass is 10.0. The Kier molecular flexibility index (Phi) is 6.27. The van der Waals surface area contributed by atoms with Crippen LogP contribution < -0.4 is 10.2 Å². The van der Waals surface area contributed by atoms with Crippen LogP contribution in [0.1, 0.15) is 26.2 Å². The first-order valence-corrected chi connectivity index (χ1v) is 8.11. The average Bonchev–Trinajstić information content (AvgIpc) is 2.59. The standard InChI is InChI=1S/C14H20ClN5O4/c1-3-10(13(21)24-2)19(9-4-6-16-7-5-9)12-11(20(22)23)8-17-14(15)18-12/h8-10,16H,3-7H2,1-2H3/t10-/m1/s1. The van der Waals surface area contributed by atoms with Crippen LogP contribution in [-0.4, -0.2) is 53.1 Å². The molecule has 0 spiro atoms. The highest BCUT2D eigenvalue weighted by molar-refractivity contribution is 6.28. The molecular formula is C14H20ClN5O4. The van der Waals surface area contributed by atoms with Crippen LogP contribution in [0.2, 0.25) is 5.28 Å². The molecule has 0 bridgehead atoms. The third-order valence-electron chi connectivity index (χ3n) is 4.06. The Balaban J connectivity index is 2.54. The lowest BCUT2D eigenvalue weighted by molar-refractivity contribution is -0.384. The van der Waals surface area contributed by atoms with Crippen LogP contribution in [0.3, 0.4) is 0 Å². The molecule has 1 fully saturated rings. The molecule has 132 valence electrons. The molecule has 1 saturated heterocycles. The fourth-order valence-electron chi connectivity index (χ4n) is 2.94. The zero-order valence-corrected chi connectivity index (χ0v) is 14.3. The molecule has 9 nitrogen and oxygen atoms in total. The van der Waals surface area contributed by atoms with E-state index in [9.17, 15) is 14.9 Å². The number of ether oxygens (including phenoxy) is 1. The number of nitrogens with zero attached hydrogens (tertiary/aromatic N) is 4. The van der Waals surface area contributed by atoms with E-state index in [1.807, 2.05) is 6.92 Å². The molecule has 0 unspecified atom stereocenters. The maximum absolute atomic E-state index is 12.2. The van der Waals surface area contributed by atoms with Gasteiger partial charge in [0, 0.05) is 6.04 Å². The molecule has 1 aliphatic heterocycles. The summed E-state index contributed by atoms with van der Waals surface area (Å²) < 4.78 is 4.88. The van der Waals surface area contributed by atoms with Gasteiger partial charge in [-0.1, -0.05) is 6.92 Å². The maximum Gasteiger partial charge on any atom is 0.329 e. The molecule has 1 N–H and O–H groups in total. The zero-order valence-electron chi connectivity index (χ0n) is 13.6. The lowest BCUT2D eigenvalue weighted by Crippen LogP contribution is -2.52. The maximum atomic E-state index is 12.2. The van der Waals surface area contributed by atoms with Gasteiger partial charge in [0.2, 0.25) is 11.1 Å². The van der Waals surface area contributed by atoms with E-state index in [0.717, 1.165) is 32.1 Å². The van der Waals surface area contributed by atoms with E-state index in [0.29, 0.717) is 6.42 Å². The van der Waals surface area contributed by atoms with Gasteiger partial charge < -0.3 is 15.0 Å². The summed E-state index contributed by atoms with van der Waals surface area (Å²) in [5.41, 5.74) is -0.278. The van der Waals surface area contributed by atoms with E-state index in [2.05, 4.69) is 15.3 Å². The van der Waals surface area contributed by atoms with Crippen molar-refractivity contribution < 1.29 is 14.5 Å². The Bertz CT molecular complexity index is 609. The number of nitrogens with one attached hydrogen (secondary N) is 1.